The quantitative estimate of drug-likeness (QED) is 0.768. The minimum absolute atomic E-state index is 0.220. The Bertz CT molecular complexity index is 866. The van der Waals surface area contributed by atoms with Crippen molar-refractivity contribution in [2.24, 2.45) is 0 Å². The highest BCUT2D eigenvalue weighted by molar-refractivity contribution is 5.71. The average Bonchev–Trinajstić information content (AvgIpc) is 3.09. The maximum absolute atomic E-state index is 9.43. The molecule has 4 rings (SSSR count). The molecule has 1 aromatic heterocycles. The van der Waals surface area contributed by atoms with E-state index in [1.807, 2.05) is 30.3 Å². The van der Waals surface area contributed by atoms with Crippen molar-refractivity contribution in [1.82, 2.24) is 9.97 Å². The van der Waals surface area contributed by atoms with E-state index in [-0.39, 0.29) is 12.5 Å². The van der Waals surface area contributed by atoms with Gasteiger partial charge in [-0.1, -0.05) is 6.07 Å². The van der Waals surface area contributed by atoms with Crippen LogP contribution in [0.15, 0.2) is 54.9 Å². The van der Waals surface area contributed by atoms with E-state index < -0.39 is 0 Å². The Morgan fingerprint density at radius 3 is 2.62 bits per heavy atom. The van der Waals surface area contributed by atoms with Gasteiger partial charge in [0.05, 0.1) is 0 Å². The van der Waals surface area contributed by atoms with Crippen molar-refractivity contribution in [3.05, 3.63) is 60.4 Å². The third-order valence-electron chi connectivity index (χ3n) is 3.74. The van der Waals surface area contributed by atoms with Crippen LogP contribution >= 0.6 is 0 Å². The maximum Gasteiger partial charge on any atom is 0.231 e. The van der Waals surface area contributed by atoms with Gasteiger partial charge in [0.2, 0.25) is 6.79 Å². The Kier molecular flexibility index (Phi) is 3.63. The number of rotatable bonds is 4. The second kappa shape index (κ2) is 6.08. The summed E-state index contributed by atoms with van der Waals surface area (Å²) in [6, 6.07) is 12.7. The molecule has 0 bridgehead atoms. The summed E-state index contributed by atoms with van der Waals surface area (Å²) in [7, 11) is 0. The van der Waals surface area contributed by atoms with Gasteiger partial charge in [0.25, 0.3) is 0 Å². The zero-order chi connectivity index (χ0) is 16.4. The van der Waals surface area contributed by atoms with E-state index in [4.69, 9.17) is 9.47 Å². The molecule has 0 spiro atoms. The van der Waals surface area contributed by atoms with Gasteiger partial charge in [0.1, 0.15) is 11.4 Å². The molecule has 2 N–H and O–H groups in total. The van der Waals surface area contributed by atoms with Crippen LogP contribution in [0.3, 0.4) is 0 Å². The molecule has 3 aromatic rings. The van der Waals surface area contributed by atoms with Crippen molar-refractivity contribution < 1.29 is 14.6 Å². The van der Waals surface area contributed by atoms with Crippen LogP contribution in [0.5, 0.6) is 17.2 Å². The zero-order valence-corrected chi connectivity index (χ0v) is 12.8. The molecular formula is C18H15N3O3. The van der Waals surface area contributed by atoms with E-state index in [2.05, 4.69) is 15.3 Å². The molecule has 24 heavy (non-hydrogen) atoms. The lowest BCUT2D eigenvalue weighted by Gasteiger charge is -2.10. The van der Waals surface area contributed by atoms with Gasteiger partial charge in [0, 0.05) is 24.5 Å². The molecule has 0 saturated carbocycles. The number of aromatic hydroxyl groups is 1. The standard InChI is InChI=1S/C18H15N3O3/c22-14-4-2-13(3-5-14)17-18(20-8-7-19-17)21-10-12-1-6-15-16(9-12)24-11-23-15/h1-9,22H,10-11H2,(H,20,21). The van der Waals surface area contributed by atoms with Crippen LogP contribution in [0.25, 0.3) is 11.3 Å². The number of phenolic OH excluding ortho intramolecular Hbond substituents is 1. The zero-order valence-electron chi connectivity index (χ0n) is 12.8. The second-order valence-electron chi connectivity index (χ2n) is 5.34. The molecule has 120 valence electrons. The summed E-state index contributed by atoms with van der Waals surface area (Å²) in [5, 5.41) is 12.7. The Labute approximate surface area is 138 Å². The van der Waals surface area contributed by atoms with Gasteiger partial charge >= 0.3 is 0 Å². The van der Waals surface area contributed by atoms with Crippen molar-refractivity contribution in [2.75, 3.05) is 12.1 Å². The van der Waals surface area contributed by atoms with Gasteiger partial charge < -0.3 is 19.9 Å². The molecule has 1 aliphatic heterocycles. The van der Waals surface area contributed by atoms with Gasteiger partial charge in [-0.3, -0.25) is 4.98 Å². The van der Waals surface area contributed by atoms with Crippen molar-refractivity contribution in [1.29, 1.82) is 0 Å². The smallest absolute Gasteiger partial charge is 0.231 e. The fraction of sp³-hybridized carbons (Fsp3) is 0.111. The first-order valence-corrected chi connectivity index (χ1v) is 7.52. The van der Waals surface area contributed by atoms with Crippen LogP contribution in [0.4, 0.5) is 5.82 Å². The molecule has 2 aromatic carbocycles. The lowest BCUT2D eigenvalue weighted by atomic mass is 10.1. The number of fused-ring (bicyclic) bond motifs is 1. The molecule has 6 heteroatoms. The summed E-state index contributed by atoms with van der Waals surface area (Å²) in [6.07, 6.45) is 3.29. The fourth-order valence-electron chi connectivity index (χ4n) is 2.53. The van der Waals surface area contributed by atoms with E-state index in [9.17, 15) is 5.11 Å². The van der Waals surface area contributed by atoms with E-state index in [1.54, 1.807) is 24.5 Å². The average molecular weight is 321 g/mol. The molecule has 6 nitrogen and oxygen atoms in total. The lowest BCUT2D eigenvalue weighted by molar-refractivity contribution is 0.174. The first-order chi connectivity index (χ1) is 11.8. The van der Waals surface area contributed by atoms with Crippen LogP contribution in [-0.4, -0.2) is 21.9 Å². The normalized spacial score (nSPS) is 12.2. The number of hydrogen-bond acceptors (Lipinski definition) is 6. The molecule has 0 amide bonds. The van der Waals surface area contributed by atoms with E-state index in [1.165, 1.54) is 0 Å². The molecule has 2 heterocycles. The molecule has 1 aliphatic rings. The van der Waals surface area contributed by atoms with Gasteiger partial charge in [0.15, 0.2) is 17.3 Å². The Balaban J connectivity index is 1.56. The highest BCUT2D eigenvalue weighted by Gasteiger charge is 2.13. The highest BCUT2D eigenvalue weighted by atomic mass is 16.7. The number of anilines is 1. The van der Waals surface area contributed by atoms with Crippen LogP contribution in [0.1, 0.15) is 5.56 Å². The van der Waals surface area contributed by atoms with Gasteiger partial charge in [-0.05, 0) is 42.0 Å². The maximum atomic E-state index is 9.43. The topological polar surface area (TPSA) is 76.5 Å². The first-order valence-electron chi connectivity index (χ1n) is 7.52. The summed E-state index contributed by atoms with van der Waals surface area (Å²) < 4.78 is 10.7. The fourth-order valence-corrected chi connectivity index (χ4v) is 2.53. The summed E-state index contributed by atoms with van der Waals surface area (Å²) in [5.74, 6) is 2.42. The van der Waals surface area contributed by atoms with Crippen LogP contribution in [0.2, 0.25) is 0 Å². The predicted molar refractivity (Wildman–Crippen MR) is 89.0 cm³/mol. The van der Waals surface area contributed by atoms with Crippen molar-refractivity contribution in [3.8, 4) is 28.5 Å². The molecule has 0 fully saturated rings. The molecule has 0 saturated heterocycles. The van der Waals surface area contributed by atoms with E-state index in [0.717, 1.165) is 28.3 Å². The Morgan fingerprint density at radius 2 is 1.75 bits per heavy atom. The van der Waals surface area contributed by atoms with Crippen molar-refractivity contribution in [3.63, 3.8) is 0 Å². The third kappa shape index (κ3) is 2.81. The minimum atomic E-state index is 0.220. The van der Waals surface area contributed by atoms with Gasteiger partial charge in [-0.25, -0.2) is 4.98 Å². The van der Waals surface area contributed by atoms with Crippen LogP contribution in [-0.2, 0) is 6.54 Å². The Hall–Kier alpha value is -3.28. The van der Waals surface area contributed by atoms with Gasteiger partial charge in [-0.15, -0.1) is 0 Å². The summed E-state index contributed by atoms with van der Waals surface area (Å²) in [6.45, 7) is 0.849. The molecule has 0 unspecified atom stereocenters. The van der Waals surface area contributed by atoms with Crippen molar-refractivity contribution >= 4 is 5.82 Å². The molecular weight excluding hydrogens is 306 g/mol. The molecule has 0 aliphatic carbocycles. The number of hydrogen-bond donors (Lipinski definition) is 2. The van der Waals surface area contributed by atoms with Crippen LogP contribution < -0.4 is 14.8 Å². The number of phenols is 1. The van der Waals surface area contributed by atoms with E-state index in [0.29, 0.717) is 12.4 Å². The SMILES string of the molecule is Oc1ccc(-c2nccnc2NCc2ccc3c(c2)OCO3)cc1. The number of nitrogens with one attached hydrogen (secondary N) is 1. The second-order valence-corrected chi connectivity index (χ2v) is 5.34. The third-order valence-corrected chi connectivity index (χ3v) is 3.74. The summed E-state index contributed by atoms with van der Waals surface area (Å²) in [4.78, 5) is 8.77. The molecule has 0 atom stereocenters. The Morgan fingerprint density at radius 1 is 0.958 bits per heavy atom. The number of nitrogens with zero attached hydrogens (tertiary/aromatic N) is 2. The lowest BCUT2D eigenvalue weighted by Crippen LogP contribution is -2.04. The van der Waals surface area contributed by atoms with Gasteiger partial charge in [-0.2, -0.15) is 0 Å². The number of aromatic nitrogens is 2. The monoisotopic (exact) mass is 321 g/mol. The number of benzene rings is 2. The predicted octanol–water partition coefficient (Wildman–Crippen LogP) is 3.19. The largest absolute Gasteiger partial charge is 0.508 e. The van der Waals surface area contributed by atoms with Crippen molar-refractivity contribution in [2.45, 2.75) is 6.54 Å². The number of ether oxygens (including phenoxy) is 2. The summed E-state index contributed by atoms with van der Waals surface area (Å²) >= 11 is 0. The highest BCUT2D eigenvalue weighted by Crippen LogP contribution is 2.33. The summed E-state index contributed by atoms with van der Waals surface area (Å²) in [5.41, 5.74) is 2.67. The van der Waals surface area contributed by atoms with E-state index >= 15 is 0 Å². The minimum Gasteiger partial charge on any atom is -0.508 e. The molecule has 0 radical (unpaired) electrons. The first kappa shape index (κ1) is 14.3. The van der Waals surface area contributed by atoms with Crippen LogP contribution in [0, 0.1) is 0 Å².